The summed E-state index contributed by atoms with van der Waals surface area (Å²) in [6.07, 6.45) is 0.535. The number of phenolic OH excluding ortho intramolecular Hbond substituents is 1. The molecule has 18 heavy (non-hydrogen) atoms. The molecule has 0 fully saturated rings. The Labute approximate surface area is 105 Å². The van der Waals surface area contributed by atoms with Crippen LogP contribution in [0.3, 0.4) is 0 Å². The summed E-state index contributed by atoms with van der Waals surface area (Å²) in [6.45, 7) is 5.03. The standard InChI is InChI=1S/C13H16O5/c1-13(2,3)18-12(16)8-17-10-5-4-9(7-14)11(15)6-10/h4-7,15H,8H2,1-3H3. The smallest absolute Gasteiger partial charge is 0.344 e. The van der Waals surface area contributed by atoms with Gasteiger partial charge in [0.05, 0.1) is 5.56 Å². The predicted molar refractivity (Wildman–Crippen MR) is 64.8 cm³/mol. The lowest BCUT2D eigenvalue weighted by Crippen LogP contribution is -2.27. The van der Waals surface area contributed by atoms with E-state index in [4.69, 9.17) is 9.47 Å². The van der Waals surface area contributed by atoms with Gasteiger partial charge in [0.25, 0.3) is 0 Å². The first-order valence-electron chi connectivity index (χ1n) is 5.44. The Morgan fingerprint density at radius 2 is 2.06 bits per heavy atom. The summed E-state index contributed by atoms with van der Waals surface area (Å²) in [6, 6.07) is 4.18. The van der Waals surface area contributed by atoms with E-state index in [2.05, 4.69) is 0 Å². The fourth-order valence-electron chi connectivity index (χ4n) is 1.23. The van der Waals surface area contributed by atoms with Gasteiger partial charge < -0.3 is 14.6 Å². The number of ether oxygens (including phenoxy) is 2. The summed E-state index contributed by atoms with van der Waals surface area (Å²) in [5.74, 6) is -0.392. The highest BCUT2D eigenvalue weighted by Gasteiger charge is 2.16. The second-order valence-electron chi connectivity index (χ2n) is 4.71. The van der Waals surface area contributed by atoms with Crippen LogP contribution in [0.5, 0.6) is 11.5 Å². The van der Waals surface area contributed by atoms with Crippen molar-refractivity contribution < 1.29 is 24.2 Å². The van der Waals surface area contributed by atoms with Crippen molar-refractivity contribution in [2.24, 2.45) is 0 Å². The second-order valence-corrected chi connectivity index (χ2v) is 4.71. The third-order valence-electron chi connectivity index (χ3n) is 1.91. The van der Waals surface area contributed by atoms with Gasteiger partial charge in [-0.2, -0.15) is 0 Å². The van der Waals surface area contributed by atoms with E-state index < -0.39 is 11.6 Å². The van der Waals surface area contributed by atoms with Crippen LogP contribution in [-0.4, -0.2) is 29.6 Å². The molecule has 1 aromatic rings. The Balaban J connectivity index is 2.56. The van der Waals surface area contributed by atoms with Crippen LogP contribution in [-0.2, 0) is 9.53 Å². The van der Waals surface area contributed by atoms with Crippen molar-refractivity contribution in [2.45, 2.75) is 26.4 Å². The monoisotopic (exact) mass is 252 g/mol. The van der Waals surface area contributed by atoms with Crippen molar-refractivity contribution >= 4 is 12.3 Å². The first-order valence-corrected chi connectivity index (χ1v) is 5.44. The van der Waals surface area contributed by atoms with Gasteiger partial charge in [-0.05, 0) is 32.9 Å². The highest BCUT2D eigenvalue weighted by Crippen LogP contribution is 2.22. The number of esters is 1. The summed E-state index contributed by atoms with van der Waals surface area (Å²) >= 11 is 0. The molecule has 0 unspecified atom stereocenters. The summed E-state index contributed by atoms with van der Waals surface area (Å²) in [4.78, 5) is 21.9. The first-order chi connectivity index (χ1) is 8.31. The van der Waals surface area contributed by atoms with E-state index in [-0.39, 0.29) is 17.9 Å². The first kappa shape index (κ1) is 14.0. The third kappa shape index (κ3) is 4.45. The van der Waals surface area contributed by atoms with Crippen LogP contribution in [0.1, 0.15) is 31.1 Å². The fraction of sp³-hybridized carbons (Fsp3) is 0.385. The Bertz CT molecular complexity index is 445. The normalized spacial score (nSPS) is 10.8. The average molecular weight is 252 g/mol. The lowest BCUT2D eigenvalue weighted by molar-refractivity contribution is -0.157. The van der Waals surface area contributed by atoms with Crippen molar-refractivity contribution in [3.05, 3.63) is 23.8 Å². The van der Waals surface area contributed by atoms with Crippen LogP contribution in [0.2, 0.25) is 0 Å². The zero-order valence-electron chi connectivity index (χ0n) is 10.6. The molecule has 0 saturated carbocycles. The number of rotatable bonds is 4. The Hall–Kier alpha value is -2.04. The zero-order valence-corrected chi connectivity index (χ0v) is 10.6. The van der Waals surface area contributed by atoms with Gasteiger partial charge in [0, 0.05) is 6.07 Å². The van der Waals surface area contributed by atoms with Crippen molar-refractivity contribution in [1.82, 2.24) is 0 Å². The number of hydrogen-bond donors (Lipinski definition) is 1. The number of hydrogen-bond acceptors (Lipinski definition) is 5. The molecular formula is C13H16O5. The molecule has 0 atom stereocenters. The van der Waals surface area contributed by atoms with Gasteiger partial charge in [-0.1, -0.05) is 0 Å². The molecule has 5 nitrogen and oxygen atoms in total. The lowest BCUT2D eigenvalue weighted by atomic mass is 10.2. The van der Waals surface area contributed by atoms with Crippen LogP contribution < -0.4 is 4.74 Å². The molecule has 0 aliphatic heterocycles. The predicted octanol–water partition coefficient (Wildman–Crippen LogP) is 1.93. The molecule has 1 N–H and O–H groups in total. The third-order valence-corrected chi connectivity index (χ3v) is 1.91. The maximum atomic E-state index is 11.4. The minimum atomic E-state index is -0.566. The minimum absolute atomic E-state index is 0.166. The topological polar surface area (TPSA) is 72.8 Å². The number of phenols is 1. The highest BCUT2D eigenvalue weighted by atomic mass is 16.6. The van der Waals surface area contributed by atoms with Gasteiger partial charge in [-0.15, -0.1) is 0 Å². The molecule has 98 valence electrons. The van der Waals surface area contributed by atoms with E-state index >= 15 is 0 Å². The number of carbonyl (C=O) groups is 2. The quantitative estimate of drug-likeness (QED) is 0.654. The molecule has 0 aromatic heterocycles. The van der Waals surface area contributed by atoms with Gasteiger partial charge in [-0.3, -0.25) is 4.79 Å². The SMILES string of the molecule is CC(C)(C)OC(=O)COc1ccc(C=O)c(O)c1. The van der Waals surface area contributed by atoms with Gasteiger partial charge >= 0.3 is 5.97 Å². The zero-order chi connectivity index (χ0) is 13.8. The van der Waals surface area contributed by atoms with E-state index in [1.54, 1.807) is 20.8 Å². The molecule has 5 heteroatoms. The van der Waals surface area contributed by atoms with E-state index in [1.807, 2.05) is 0 Å². The summed E-state index contributed by atoms with van der Waals surface area (Å²) in [5.41, 5.74) is -0.399. The molecular weight excluding hydrogens is 236 g/mol. The molecule has 0 saturated heterocycles. The van der Waals surface area contributed by atoms with Crippen molar-refractivity contribution in [2.75, 3.05) is 6.61 Å². The van der Waals surface area contributed by atoms with Crippen LogP contribution in [0.4, 0.5) is 0 Å². The average Bonchev–Trinajstić information content (AvgIpc) is 2.24. The molecule has 0 aliphatic carbocycles. The van der Waals surface area contributed by atoms with Gasteiger partial charge in [0.2, 0.25) is 0 Å². The molecule has 0 aliphatic rings. The Morgan fingerprint density at radius 3 is 2.56 bits per heavy atom. The number of benzene rings is 1. The van der Waals surface area contributed by atoms with Gasteiger partial charge in [-0.25, -0.2) is 4.79 Å². The highest BCUT2D eigenvalue weighted by molar-refractivity contribution is 5.79. The van der Waals surface area contributed by atoms with Crippen molar-refractivity contribution in [3.8, 4) is 11.5 Å². The molecule has 0 heterocycles. The second kappa shape index (κ2) is 5.53. The van der Waals surface area contributed by atoms with E-state index in [0.29, 0.717) is 12.0 Å². The molecule has 0 radical (unpaired) electrons. The molecule has 0 bridgehead atoms. The summed E-state index contributed by atoms with van der Waals surface area (Å²) in [7, 11) is 0. The van der Waals surface area contributed by atoms with E-state index in [0.717, 1.165) is 0 Å². The Kier molecular flexibility index (Phi) is 4.31. The molecule has 0 spiro atoms. The fourth-order valence-corrected chi connectivity index (χ4v) is 1.23. The van der Waals surface area contributed by atoms with Crippen LogP contribution in [0, 0.1) is 0 Å². The molecule has 0 amide bonds. The van der Waals surface area contributed by atoms with Crippen molar-refractivity contribution in [3.63, 3.8) is 0 Å². The minimum Gasteiger partial charge on any atom is -0.507 e. The van der Waals surface area contributed by atoms with Gasteiger partial charge in [0.1, 0.15) is 17.1 Å². The van der Waals surface area contributed by atoms with Crippen LogP contribution in [0.15, 0.2) is 18.2 Å². The van der Waals surface area contributed by atoms with Gasteiger partial charge in [0.15, 0.2) is 12.9 Å². The largest absolute Gasteiger partial charge is 0.507 e. The number of aldehydes is 1. The van der Waals surface area contributed by atoms with Crippen LogP contribution in [0.25, 0.3) is 0 Å². The maximum Gasteiger partial charge on any atom is 0.344 e. The summed E-state index contributed by atoms with van der Waals surface area (Å²) < 4.78 is 10.2. The van der Waals surface area contributed by atoms with Crippen molar-refractivity contribution in [1.29, 1.82) is 0 Å². The van der Waals surface area contributed by atoms with Crippen LogP contribution >= 0.6 is 0 Å². The lowest BCUT2D eigenvalue weighted by Gasteiger charge is -2.19. The Morgan fingerprint density at radius 1 is 1.39 bits per heavy atom. The molecule has 1 aromatic carbocycles. The van der Waals surface area contributed by atoms with E-state index in [1.165, 1.54) is 18.2 Å². The summed E-state index contributed by atoms with van der Waals surface area (Å²) in [5, 5.41) is 9.42. The maximum absolute atomic E-state index is 11.4. The molecule has 1 rings (SSSR count). The van der Waals surface area contributed by atoms with E-state index in [9.17, 15) is 14.7 Å². The number of aromatic hydroxyl groups is 1. The number of carbonyl (C=O) groups excluding carboxylic acids is 2.